The predicted octanol–water partition coefficient (Wildman–Crippen LogP) is 5.02. The van der Waals surface area contributed by atoms with Crippen LogP contribution in [0.4, 0.5) is 0 Å². The molecule has 0 spiro atoms. The second kappa shape index (κ2) is 7.29. The summed E-state index contributed by atoms with van der Waals surface area (Å²) in [5.41, 5.74) is 0.787. The summed E-state index contributed by atoms with van der Waals surface area (Å²) in [5.74, 6) is 5.36. The first-order chi connectivity index (χ1) is 13.2. The van der Waals surface area contributed by atoms with Crippen LogP contribution in [-0.4, -0.2) is 23.7 Å². The SMILES string of the molecule is CC(C)[C@@H](C)[C@H]1CC[C@H]2[C@@H]3CC[C@H]4[C@@H](O)[C@@H](NC=O)CC[C@]4(C)[C@H]3CC[C@]12C. The summed E-state index contributed by atoms with van der Waals surface area (Å²) < 4.78 is 0. The number of carbonyl (C=O) groups excluding carboxylic acids is 1. The van der Waals surface area contributed by atoms with Crippen LogP contribution in [0.3, 0.4) is 0 Å². The molecule has 4 aliphatic carbocycles. The molecule has 0 radical (unpaired) electrons. The van der Waals surface area contributed by atoms with Crippen molar-refractivity contribution in [3.8, 4) is 0 Å². The summed E-state index contributed by atoms with van der Waals surface area (Å²) in [4.78, 5) is 11.0. The van der Waals surface area contributed by atoms with Crippen molar-refractivity contribution in [2.24, 2.45) is 52.3 Å². The molecule has 0 aromatic carbocycles. The normalized spacial score (nSPS) is 51.8. The number of hydrogen-bond donors (Lipinski definition) is 2. The van der Waals surface area contributed by atoms with Gasteiger partial charge in [-0.15, -0.1) is 0 Å². The molecular weight excluding hydrogens is 346 g/mol. The summed E-state index contributed by atoms with van der Waals surface area (Å²) in [6, 6.07) is -0.0382. The van der Waals surface area contributed by atoms with Gasteiger partial charge < -0.3 is 10.4 Å². The van der Waals surface area contributed by atoms with E-state index < -0.39 is 0 Å². The van der Waals surface area contributed by atoms with E-state index in [1.807, 2.05) is 0 Å². The Morgan fingerprint density at radius 2 is 1.54 bits per heavy atom. The number of nitrogens with one attached hydrogen (secondary N) is 1. The molecule has 0 aromatic heterocycles. The molecule has 28 heavy (non-hydrogen) atoms. The van der Waals surface area contributed by atoms with E-state index in [1.165, 1.54) is 32.1 Å². The van der Waals surface area contributed by atoms with Crippen LogP contribution in [0.1, 0.15) is 86.0 Å². The van der Waals surface area contributed by atoms with Gasteiger partial charge in [-0.3, -0.25) is 4.79 Å². The fraction of sp³-hybridized carbons (Fsp3) is 0.960. The third-order valence-corrected chi connectivity index (χ3v) is 10.8. The smallest absolute Gasteiger partial charge is 0.207 e. The molecule has 0 saturated heterocycles. The molecule has 4 saturated carbocycles. The zero-order chi connectivity index (χ0) is 20.3. The van der Waals surface area contributed by atoms with Crippen molar-refractivity contribution in [2.75, 3.05) is 0 Å². The monoisotopic (exact) mass is 389 g/mol. The Bertz CT molecular complexity index is 591. The largest absolute Gasteiger partial charge is 0.391 e. The Labute approximate surface area is 172 Å². The van der Waals surface area contributed by atoms with Gasteiger partial charge in [0.25, 0.3) is 0 Å². The topological polar surface area (TPSA) is 49.3 Å². The van der Waals surface area contributed by atoms with Crippen LogP contribution in [0.25, 0.3) is 0 Å². The molecule has 4 aliphatic rings. The lowest BCUT2D eigenvalue weighted by Crippen LogP contribution is -2.60. The van der Waals surface area contributed by atoms with Crippen LogP contribution in [-0.2, 0) is 4.79 Å². The summed E-state index contributed by atoms with van der Waals surface area (Å²) in [6.07, 6.45) is 10.5. The van der Waals surface area contributed by atoms with Crippen molar-refractivity contribution in [1.29, 1.82) is 0 Å². The highest BCUT2D eigenvalue weighted by molar-refractivity contribution is 5.47. The van der Waals surface area contributed by atoms with Gasteiger partial charge in [0.2, 0.25) is 6.41 Å². The lowest BCUT2D eigenvalue weighted by atomic mass is 9.43. The second-order valence-corrected chi connectivity index (χ2v) is 11.8. The van der Waals surface area contributed by atoms with Crippen molar-refractivity contribution in [3.63, 3.8) is 0 Å². The zero-order valence-electron chi connectivity index (χ0n) is 18.8. The molecule has 3 heteroatoms. The first-order valence-corrected chi connectivity index (χ1v) is 12.1. The second-order valence-electron chi connectivity index (χ2n) is 11.8. The van der Waals surface area contributed by atoms with E-state index in [0.717, 1.165) is 61.2 Å². The van der Waals surface area contributed by atoms with Crippen LogP contribution in [0.15, 0.2) is 0 Å². The number of rotatable bonds is 4. The fourth-order valence-electron chi connectivity index (χ4n) is 8.97. The number of fused-ring (bicyclic) bond motifs is 5. The molecule has 0 aliphatic heterocycles. The van der Waals surface area contributed by atoms with Gasteiger partial charge in [-0.25, -0.2) is 0 Å². The number of hydrogen-bond acceptors (Lipinski definition) is 2. The predicted molar refractivity (Wildman–Crippen MR) is 114 cm³/mol. The zero-order valence-corrected chi connectivity index (χ0v) is 18.8. The Balaban J connectivity index is 1.56. The summed E-state index contributed by atoms with van der Waals surface area (Å²) in [5, 5.41) is 13.9. The van der Waals surface area contributed by atoms with Crippen molar-refractivity contribution in [1.82, 2.24) is 5.32 Å². The van der Waals surface area contributed by atoms with Crippen LogP contribution >= 0.6 is 0 Å². The van der Waals surface area contributed by atoms with E-state index in [-0.39, 0.29) is 17.6 Å². The molecule has 10 atom stereocenters. The highest BCUT2D eigenvalue weighted by atomic mass is 16.3. The van der Waals surface area contributed by atoms with E-state index in [2.05, 4.69) is 39.9 Å². The molecule has 3 nitrogen and oxygen atoms in total. The van der Waals surface area contributed by atoms with Gasteiger partial charge in [0.05, 0.1) is 12.1 Å². The standard InChI is InChI=1S/C25H43NO2/c1-15(2)16(3)18-8-9-19-17-6-7-21-23(28)22(26-14-27)11-13-25(21,5)20(17)10-12-24(18,19)4/h14-23,28H,6-13H2,1-5H3,(H,26,27)/t16-,17+,18-,19+,20+,21+,22+,23-,24-,25-/m1/s1. The number of carbonyl (C=O) groups is 1. The molecule has 2 N–H and O–H groups in total. The Kier molecular flexibility index (Phi) is 5.39. The van der Waals surface area contributed by atoms with E-state index in [1.54, 1.807) is 0 Å². The average Bonchev–Trinajstić information content (AvgIpc) is 3.00. The fourth-order valence-corrected chi connectivity index (χ4v) is 8.97. The Hall–Kier alpha value is -0.570. The maximum absolute atomic E-state index is 11.0. The number of amides is 1. The van der Waals surface area contributed by atoms with Gasteiger partial charge in [-0.2, -0.15) is 0 Å². The highest BCUT2D eigenvalue weighted by Crippen LogP contribution is 2.68. The van der Waals surface area contributed by atoms with Crippen LogP contribution in [0.2, 0.25) is 0 Å². The molecule has 0 bridgehead atoms. The summed E-state index contributed by atoms with van der Waals surface area (Å²) in [7, 11) is 0. The third kappa shape index (κ3) is 2.89. The minimum Gasteiger partial charge on any atom is -0.391 e. The Morgan fingerprint density at radius 3 is 2.21 bits per heavy atom. The molecule has 0 heterocycles. The molecular formula is C25H43NO2. The first-order valence-electron chi connectivity index (χ1n) is 12.1. The number of aliphatic hydroxyl groups excluding tert-OH is 1. The Morgan fingerprint density at radius 1 is 0.893 bits per heavy atom. The van der Waals surface area contributed by atoms with E-state index in [0.29, 0.717) is 11.3 Å². The summed E-state index contributed by atoms with van der Waals surface area (Å²) in [6.45, 7) is 12.4. The highest BCUT2D eigenvalue weighted by Gasteiger charge is 2.62. The van der Waals surface area contributed by atoms with Gasteiger partial charge in [0.15, 0.2) is 0 Å². The van der Waals surface area contributed by atoms with E-state index in [9.17, 15) is 9.90 Å². The van der Waals surface area contributed by atoms with Crippen molar-refractivity contribution < 1.29 is 9.90 Å². The average molecular weight is 390 g/mol. The third-order valence-electron chi connectivity index (χ3n) is 10.8. The van der Waals surface area contributed by atoms with Gasteiger partial charge in [-0.05, 0) is 104 Å². The van der Waals surface area contributed by atoms with Crippen LogP contribution < -0.4 is 5.32 Å². The van der Waals surface area contributed by atoms with Gasteiger partial charge in [0.1, 0.15) is 0 Å². The molecule has 0 unspecified atom stereocenters. The maximum Gasteiger partial charge on any atom is 0.207 e. The quantitative estimate of drug-likeness (QED) is 0.663. The van der Waals surface area contributed by atoms with Gasteiger partial charge in [-0.1, -0.05) is 34.6 Å². The molecule has 0 aromatic rings. The van der Waals surface area contributed by atoms with Crippen molar-refractivity contribution >= 4 is 6.41 Å². The van der Waals surface area contributed by atoms with Crippen LogP contribution in [0.5, 0.6) is 0 Å². The van der Waals surface area contributed by atoms with Crippen molar-refractivity contribution in [3.05, 3.63) is 0 Å². The summed E-state index contributed by atoms with van der Waals surface area (Å²) >= 11 is 0. The minimum absolute atomic E-state index is 0.0382. The lowest BCUT2D eigenvalue weighted by Gasteiger charge is -2.62. The van der Waals surface area contributed by atoms with Crippen molar-refractivity contribution in [2.45, 2.75) is 98.1 Å². The van der Waals surface area contributed by atoms with Crippen LogP contribution in [0, 0.1) is 52.3 Å². The van der Waals surface area contributed by atoms with E-state index in [4.69, 9.17) is 0 Å². The first kappa shape index (κ1) is 20.7. The molecule has 4 rings (SSSR count). The van der Waals surface area contributed by atoms with E-state index >= 15 is 0 Å². The van der Waals surface area contributed by atoms with Gasteiger partial charge >= 0.3 is 0 Å². The van der Waals surface area contributed by atoms with Gasteiger partial charge in [0, 0.05) is 0 Å². The minimum atomic E-state index is -0.365. The molecule has 1 amide bonds. The number of aliphatic hydroxyl groups is 1. The molecule has 160 valence electrons. The maximum atomic E-state index is 11.0. The lowest BCUT2D eigenvalue weighted by molar-refractivity contribution is -0.154. The molecule has 4 fully saturated rings.